The summed E-state index contributed by atoms with van der Waals surface area (Å²) in [6.07, 6.45) is 9.34. The van der Waals surface area contributed by atoms with Gasteiger partial charge in [-0.05, 0) is 89.0 Å². The highest BCUT2D eigenvalue weighted by Gasteiger charge is 2.54. The Labute approximate surface area is 214 Å². The first-order valence-corrected chi connectivity index (χ1v) is 14.2. The van der Waals surface area contributed by atoms with E-state index >= 15 is 0 Å². The predicted octanol–water partition coefficient (Wildman–Crippen LogP) is 4.14. The minimum absolute atomic E-state index is 0.0568. The topological polar surface area (TPSA) is 79.3 Å². The molecule has 4 saturated carbocycles. The van der Waals surface area contributed by atoms with E-state index in [2.05, 4.69) is 34.5 Å². The molecule has 0 unspecified atom stereocenters. The van der Waals surface area contributed by atoms with Gasteiger partial charge in [-0.1, -0.05) is 18.2 Å². The van der Waals surface area contributed by atoms with Gasteiger partial charge in [-0.3, -0.25) is 14.3 Å². The zero-order valence-corrected chi connectivity index (χ0v) is 21.8. The molecule has 5 aliphatic rings. The number of nitrogens with zero attached hydrogens (tertiary/aromatic N) is 3. The van der Waals surface area contributed by atoms with Crippen molar-refractivity contribution in [3.8, 4) is 0 Å². The Hall–Kier alpha value is -2.41. The van der Waals surface area contributed by atoms with Crippen LogP contribution < -0.4 is 10.6 Å². The van der Waals surface area contributed by atoms with Crippen LogP contribution in [-0.4, -0.2) is 58.7 Å². The SMILES string of the molecule is CC(C)n1nc(C(=O)NC2CCN(CCNC(=O)C34CC5CC(CC(C5)C3)C4)CC2)c2ccccc21. The fourth-order valence-electron chi connectivity index (χ4n) is 8.11. The van der Waals surface area contributed by atoms with E-state index in [0.29, 0.717) is 11.6 Å². The van der Waals surface area contributed by atoms with E-state index < -0.39 is 0 Å². The second-order valence-corrected chi connectivity index (χ2v) is 12.4. The highest BCUT2D eigenvalue weighted by molar-refractivity contribution is 6.05. The predicted molar refractivity (Wildman–Crippen MR) is 141 cm³/mol. The number of para-hydroxylation sites is 1. The first-order valence-electron chi connectivity index (χ1n) is 14.2. The van der Waals surface area contributed by atoms with Crippen molar-refractivity contribution in [1.29, 1.82) is 0 Å². The Morgan fingerprint density at radius 1 is 1.03 bits per heavy atom. The van der Waals surface area contributed by atoms with Gasteiger partial charge in [0.05, 0.1) is 5.52 Å². The zero-order valence-electron chi connectivity index (χ0n) is 21.8. The van der Waals surface area contributed by atoms with Gasteiger partial charge >= 0.3 is 0 Å². The minimum atomic E-state index is -0.0770. The number of nitrogens with one attached hydrogen (secondary N) is 2. The highest BCUT2D eigenvalue weighted by atomic mass is 16.2. The summed E-state index contributed by atoms with van der Waals surface area (Å²) in [7, 11) is 0. The molecule has 7 heteroatoms. The maximum absolute atomic E-state index is 13.2. The second-order valence-electron chi connectivity index (χ2n) is 12.4. The molecule has 4 bridgehead atoms. The summed E-state index contributed by atoms with van der Waals surface area (Å²) in [5.41, 5.74) is 1.47. The summed E-state index contributed by atoms with van der Waals surface area (Å²) in [6, 6.07) is 8.33. The Morgan fingerprint density at radius 3 is 2.31 bits per heavy atom. The molecule has 194 valence electrons. The number of amides is 2. The first-order chi connectivity index (χ1) is 17.4. The van der Waals surface area contributed by atoms with E-state index in [1.165, 1.54) is 19.3 Å². The van der Waals surface area contributed by atoms with Gasteiger partial charge in [-0.15, -0.1) is 0 Å². The van der Waals surface area contributed by atoms with Gasteiger partial charge in [0.15, 0.2) is 5.69 Å². The second kappa shape index (κ2) is 9.47. The number of piperidine rings is 1. The summed E-state index contributed by atoms with van der Waals surface area (Å²) in [5, 5.41) is 12.1. The molecule has 2 aromatic rings. The van der Waals surface area contributed by atoms with Crippen molar-refractivity contribution in [3.05, 3.63) is 30.0 Å². The fourth-order valence-corrected chi connectivity index (χ4v) is 8.11. The molecule has 7 rings (SSSR count). The van der Waals surface area contributed by atoms with Crippen LogP contribution in [0.5, 0.6) is 0 Å². The van der Waals surface area contributed by atoms with Gasteiger partial charge in [-0.2, -0.15) is 5.10 Å². The fraction of sp³-hybridized carbons (Fsp3) is 0.690. The van der Waals surface area contributed by atoms with Crippen LogP contribution in [-0.2, 0) is 4.79 Å². The van der Waals surface area contributed by atoms with Crippen molar-refractivity contribution in [2.75, 3.05) is 26.2 Å². The van der Waals surface area contributed by atoms with E-state index in [1.807, 2.05) is 28.9 Å². The molecule has 2 amide bonds. The van der Waals surface area contributed by atoms with Gasteiger partial charge in [0.2, 0.25) is 5.91 Å². The van der Waals surface area contributed by atoms with E-state index in [4.69, 9.17) is 0 Å². The third-order valence-corrected chi connectivity index (χ3v) is 9.47. The molecule has 5 fully saturated rings. The van der Waals surface area contributed by atoms with E-state index in [-0.39, 0.29) is 23.4 Å². The molecule has 0 radical (unpaired) electrons. The van der Waals surface area contributed by atoms with Crippen LogP contribution in [0.1, 0.15) is 81.7 Å². The number of likely N-dealkylation sites (tertiary alicyclic amines) is 1. The number of carbonyl (C=O) groups excluding carboxylic acids is 2. The number of hydrogen-bond acceptors (Lipinski definition) is 4. The molecule has 1 aliphatic heterocycles. The number of benzene rings is 1. The molecule has 0 atom stereocenters. The van der Waals surface area contributed by atoms with Crippen molar-refractivity contribution in [2.24, 2.45) is 23.2 Å². The quantitative estimate of drug-likeness (QED) is 0.610. The Kier molecular flexibility index (Phi) is 6.30. The molecule has 2 N–H and O–H groups in total. The van der Waals surface area contributed by atoms with Gasteiger partial charge in [0.1, 0.15) is 0 Å². The molecule has 7 nitrogen and oxygen atoms in total. The van der Waals surface area contributed by atoms with Crippen molar-refractivity contribution in [1.82, 2.24) is 25.3 Å². The molecular weight excluding hydrogens is 450 g/mol. The molecule has 1 aromatic heterocycles. The van der Waals surface area contributed by atoms with Crippen LogP contribution in [0.25, 0.3) is 10.9 Å². The van der Waals surface area contributed by atoms with Crippen molar-refractivity contribution in [2.45, 2.75) is 77.3 Å². The molecule has 0 spiro atoms. The third-order valence-electron chi connectivity index (χ3n) is 9.47. The van der Waals surface area contributed by atoms with E-state index in [9.17, 15) is 9.59 Å². The molecule has 4 aliphatic carbocycles. The Bertz CT molecular complexity index is 1090. The van der Waals surface area contributed by atoms with E-state index in [1.54, 1.807) is 0 Å². The van der Waals surface area contributed by atoms with Crippen LogP contribution in [0.15, 0.2) is 24.3 Å². The zero-order chi connectivity index (χ0) is 24.9. The number of carbonyl (C=O) groups is 2. The Balaban J connectivity index is 0.974. The lowest BCUT2D eigenvalue weighted by molar-refractivity contribution is -0.146. The number of aromatic nitrogens is 2. The highest BCUT2D eigenvalue weighted by Crippen LogP contribution is 2.60. The van der Waals surface area contributed by atoms with Gasteiger partial charge in [0, 0.05) is 49.1 Å². The third kappa shape index (κ3) is 4.44. The van der Waals surface area contributed by atoms with Crippen LogP contribution >= 0.6 is 0 Å². The van der Waals surface area contributed by atoms with Crippen molar-refractivity contribution < 1.29 is 9.59 Å². The van der Waals surface area contributed by atoms with Crippen LogP contribution in [0.4, 0.5) is 0 Å². The molecule has 36 heavy (non-hydrogen) atoms. The summed E-state index contributed by atoms with van der Waals surface area (Å²) in [4.78, 5) is 28.7. The maximum atomic E-state index is 13.2. The number of fused-ring (bicyclic) bond motifs is 1. The summed E-state index contributed by atoms with van der Waals surface area (Å²) in [5.74, 6) is 2.65. The van der Waals surface area contributed by atoms with Gasteiger partial charge in [0.25, 0.3) is 5.91 Å². The lowest BCUT2D eigenvalue weighted by atomic mass is 9.49. The number of rotatable bonds is 7. The summed E-state index contributed by atoms with van der Waals surface area (Å²) < 4.78 is 1.94. The maximum Gasteiger partial charge on any atom is 0.272 e. The van der Waals surface area contributed by atoms with Gasteiger partial charge < -0.3 is 15.5 Å². The molecule has 1 aromatic carbocycles. The minimum Gasteiger partial charge on any atom is -0.354 e. The average molecular weight is 492 g/mol. The number of hydrogen-bond donors (Lipinski definition) is 2. The van der Waals surface area contributed by atoms with E-state index in [0.717, 1.165) is 86.9 Å². The summed E-state index contributed by atoms with van der Waals surface area (Å²) in [6.45, 7) is 7.68. The smallest absolute Gasteiger partial charge is 0.272 e. The largest absolute Gasteiger partial charge is 0.354 e. The average Bonchev–Trinajstić information content (AvgIpc) is 3.24. The summed E-state index contributed by atoms with van der Waals surface area (Å²) >= 11 is 0. The van der Waals surface area contributed by atoms with Crippen molar-refractivity contribution >= 4 is 22.7 Å². The standard InChI is InChI=1S/C29H41N5O2/c1-19(2)34-25-6-4-3-5-24(25)26(32-34)27(35)31-23-7-10-33(11-8-23)12-9-30-28(36)29-16-20-13-21(17-29)15-22(14-20)18-29/h3-6,19-23H,7-18H2,1-2H3,(H,30,36)(H,31,35). The van der Waals surface area contributed by atoms with Crippen LogP contribution in [0, 0.1) is 23.2 Å². The van der Waals surface area contributed by atoms with Gasteiger partial charge in [-0.25, -0.2) is 0 Å². The van der Waals surface area contributed by atoms with Crippen LogP contribution in [0.2, 0.25) is 0 Å². The Morgan fingerprint density at radius 2 is 1.67 bits per heavy atom. The lowest BCUT2D eigenvalue weighted by Crippen LogP contribution is -2.54. The normalized spacial score (nSPS) is 30.2. The first kappa shape index (κ1) is 24.0. The van der Waals surface area contributed by atoms with Crippen LogP contribution in [0.3, 0.4) is 0 Å². The lowest BCUT2D eigenvalue weighted by Gasteiger charge is -2.55. The monoisotopic (exact) mass is 491 g/mol. The van der Waals surface area contributed by atoms with Crippen molar-refractivity contribution in [3.63, 3.8) is 0 Å². The molecule has 2 heterocycles. The molecular formula is C29H41N5O2. The molecule has 1 saturated heterocycles.